The molecule has 0 radical (unpaired) electrons. The van der Waals surface area contributed by atoms with E-state index < -0.39 is 0 Å². The summed E-state index contributed by atoms with van der Waals surface area (Å²) in [5.41, 5.74) is 1.31. The Hall–Kier alpha value is -1.06. The summed E-state index contributed by atoms with van der Waals surface area (Å²) in [6, 6.07) is 8.97. The number of ether oxygens (including phenoxy) is 1. The third-order valence-electron chi connectivity index (χ3n) is 3.62. The van der Waals surface area contributed by atoms with Crippen LogP contribution in [0, 0.1) is 5.92 Å². The summed E-state index contributed by atoms with van der Waals surface area (Å²) in [5.74, 6) is 1.60. The second-order valence-corrected chi connectivity index (χ2v) is 6.34. The minimum absolute atomic E-state index is 0.514. The van der Waals surface area contributed by atoms with Crippen molar-refractivity contribution in [1.29, 1.82) is 0 Å². The number of hydrogen-bond acceptors (Lipinski definition) is 3. The largest absolute Gasteiger partial charge is 0.494 e. The summed E-state index contributed by atoms with van der Waals surface area (Å²) in [6.45, 7) is 9.50. The van der Waals surface area contributed by atoms with Crippen molar-refractivity contribution in [3.8, 4) is 5.75 Å². The average molecular weight is 292 g/mol. The molecule has 0 aliphatic rings. The SMILES string of the molecule is CCCCOc1ccc(CNC(CN(C)C)C(C)C)cc1. The fourth-order valence-corrected chi connectivity index (χ4v) is 2.19. The zero-order chi connectivity index (χ0) is 15.7. The van der Waals surface area contributed by atoms with Crippen molar-refractivity contribution >= 4 is 0 Å². The predicted molar refractivity (Wildman–Crippen MR) is 90.9 cm³/mol. The molecule has 3 heteroatoms. The summed E-state index contributed by atoms with van der Waals surface area (Å²) in [6.07, 6.45) is 2.29. The van der Waals surface area contributed by atoms with Gasteiger partial charge in [-0.2, -0.15) is 0 Å². The van der Waals surface area contributed by atoms with E-state index in [4.69, 9.17) is 4.74 Å². The second kappa shape index (κ2) is 9.80. The molecule has 120 valence electrons. The van der Waals surface area contributed by atoms with Crippen LogP contribution in [-0.4, -0.2) is 38.2 Å². The van der Waals surface area contributed by atoms with Crippen LogP contribution in [0.15, 0.2) is 24.3 Å². The molecule has 0 spiro atoms. The van der Waals surface area contributed by atoms with Gasteiger partial charge in [0, 0.05) is 19.1 Å². The Morgan fingerprint density at radius 1 is 1.14 bits per heavy atom. The predicted octanol–water partition coefficient (Wildman–Crippen LogP) is 3.54. The van der Waals surface area contributed by atoms with Gasteiger partial charge < -0.3 is 15.0 Å². The smallest absolute Gasteiger partial charge is 0.119 e. The van der Waals surface area contributed by atoms with Gasteiger partial charge in [0.25, 0.3) is 0 Å². The molecular formula is C18H32N2O. The molecule has 0 amide bonds. The van der Waals surface area contributed by atoms with Crippen molar-refractivity contribution in [2.24, 2.45) is 5.92 Å². The van der Waals surface area contributed by atoms with E-state index in [1.165, 1.54) is 12.0 Å². The van der Waals surface area contributed by atoms with E-state index in [-0.39, 0.29) is 0 Å². The van der Waals surface area contributed by atoms with Gasteiger partial charge in [-0.25, -0.2) is 0 Å². The Labute approximate surface area is 130 Å². The molecule has 0 aromatic heterocycles. The van der Waals surface area contributed by atoms with Crippen LogP contribution in [0.4, 0.5) is 0 Å². The molecule has 1 aromatic carbocycles. The lowest BCUT2D eigenvalue weighted by Crippen LogP contribution is -2.41. The van der Waals surface area contributed by atoms with Crippen LogP contribution in [-0.2, 0) is 6.54 Å². The highest BCUT2D eigenvalue weighted by atomic mass is 16.5. The lowest BCUT2D eigenvalue weighted by atomic mass is 10.0. The first kappa shape index (κ1) is 18.0. The van der Waals surface area contributed by atoms with E-state index in [9.17, 15) is 0 Å². The number of hydrogen-bond donors (Lipinski definition) is 1. The summed E-state index contributed by atoms with van der Waals surface area (Å²) < 4.78 is 5.69. The third kappa shape index (κ3) is 7.49. The Morgan fingerprint density at radius 3 is 2.33 bits per heavy atom. The first-order valence-corrected chi connectivity index (χ1v) is 8.12. The van der Waals surface area contributed by atoms with Crippen molar-refractivity contribution in [3.63, 3.8) is 0 Å². The van der Waals surface area contributed by atoms with Gasteiger partial charge in [0.15, 0.2) is 0 Å². The van der Waals surface area contributed by atoms with Crippen LogP contribution in [0.25, 0.3) is 0 Å². The van der Waals surface area contributed by atoms with Crippen molar-refractivity contribution in [2.45, 2.75) is 46.2 Å². The van der Waals surface area contributed by atoms with E-state index in [1.807, 2.05) is 0 Å². The molecule has 1 aromatic rings. The first-order valence-electron chi connectivity index (χ1n) is 8.12. The van der Waals surface area contributed by atoms with Gasteiger partial charge >= 0.3 is 0 Å². The molecule has 0 fully saturated rings. The second-order valence-electron chi connectivity index (χ2n) is 6.34. The van der Waals surface area contributed by atoms with Crippen molar-refractivity contribution < 1.29 is 4.74 Å². The first-order chi connectivity index (χ1) is 10.0. The van der Waals surface area contributed by atoms with Crippen LogP contribution >= 0.6 is 0 Å². The third-order valence-corrected chi connectivity index (χ3v) is 3.62. The molecule has 3 nitrogen and oxygen atoms in total. The maximum atomic E-state index is 5.69. The van der Waals surface area contributed by atoms with Crippen LogP contribution in [0.3, 0.4) is 0 Å². The Bertz CT molecular complexity index is 373. The molecule has 1 atom stereocenters. The number of unbranched alkanes of at least 4 members (excludes halogenated alkanes) is 1. The number of benzene rings is 1. The summed E-state index contributed by atoms with van der Waals surface area (Å²) in [4.78, 5) is 2.24. The normalized spacial score (nSPS) is 12.9. The zero-order valence-corrected chi connectivity index (χ0v) is 14.4. The average Bonchev–Trinajstić information content (AvgIpc) is 2.44. The molecule has 21 heavy (non-hydrogen) atoms. The molecule has 0 aliphatic carbocycles. The topological polar surface area (TPSA) is 24.5 Å². The van der Waals surface area contributed by atoms with Crippen LogP contribution in [0.1, 0.15) is 39.2 Å². The van der Waals surface area contributed by atoms with Crippen LogP contribution < -0.4 is 10.1 Å². The molecule has 1 unspecified atom stereocenters. The fourth-order valence-electron chi connectivity index (χ4n) is 2.19. The molecule has 0 aliphatic heterocycles. The Balaban J connectivity index is 2.43. The number of likely N-dealkylation sites (N-methyl/N-ethyl adjacent to an activating group) is 1. The highest BCUT2D eigenvalue weighted by molar-refractivity contribution is 5.27. The lowest BCUT2D eigenvalue weighted by molar-refractivity contribution is 0.288. The molecule has 1 N–H and O–H groups in total. The van der Waals surface area contributed by atoms with Crippen LogP contribution in [0.2, 0.25) is 0 Å². The number of rotatable bonds is 10. The maximum absolute atomic E-state index is 5.69. The van der Waals surface area contributed by atoms with Gasteiger partial charge in [-0.3, -0.25) is 0 Å². The van der Waals surface area contributed by atoms with E-state index in [1.54, 1.807) is 0 Å². The number of nitrogens with zero attached hydrogens (tertiary/aromatic N) is 1. The number of nitrogens with one attached hydrogen (secondary N) is 1. The monoisotopic (exact) mass is 292 g/mol. The minimum atomic E-state index is 0.514. The van der Waals surface area contributed by atoms with Crippen molar-refractivity contribution in [2.75, 3.05) is 27.2 Å². The molecule has 0 saturated heterocycles. The Morgan fingerprint density at radius 2 is 1.81 bits per heavy atom. The molecule has 0 bridgehead atoms. The van der Waals surface area contributed by atoms with E-state index in [2.05, 4.69) is 69.3 Å². The molecule has 0 saturated carbocycles. The summed E-state index contributed by atoms with van der Waals surface area (Å²) in [7, 11) is 4.25. The van der Waals surface area contributed by atoms with Gasteiger partial charge in [-0.1, -0.05) is 39.3 Å². The Kier molecular flexibility index (Phi) is 8.40. The van der Waals surface area contributed by atoms with Gasteiger partial charge in [0.2, 0.25) is 0 Å². The molecule has 1 rings (SSSR count). The van der Waals surface area contributed by atoms with Gasteiger partial charge in [0.1, 0.15) is 5.75 Å². The zero-order valence-electron chi connectivity index (χ0n) is 14.4. The van der Waals surface area contributed by atoms with E-state index in [0.29, 0.717) is 12.0 Å². The maximum Gasteiger partial charge on any atom is 0.119 e. The van der Waals surface area contributed by atoms with Gasteiger partial charge in [-0.15, -0.1) is 0 Å². The molecule has 0 heterocycles. The summed E-state index contributed by atoms with van der Waals surface area (Å²) >= 11 is 0. The lowest BCUT2D eigenvalue weighted by Gasteiger charge is -2.25. The standard InChI is InChI=1S/C18H32N2O/c1-6-7-12-21-17-10-8-16(9-11-17)13-19-18(15(2)3)14-20(4)5/h8-11,15,18-19H,6-7,12-14H2,1-5H3. The highest BCUT2D eigenvalue weighted by Gasteiger charge is 2.13. The van der Waals surface area contributed by atoms with E-state index in [0.717, 1.165) is 31.9 Å². The van der Waals surface area contributed by atoms with E-state index >= 15 is 0 Å². The van der Waals surface area contributed by atoms with Crippen molar-refractivity contribution in [1.82, 2.24) is 10.2 Å². The molecular weight excluding hydrogens is 260 g/mol. The fraction of sp³-hybridized carbons (Fsp3) is 0.667. The summed E-state index contributed by atoms with van der Waals surface area (Å²) in [5, 5.41) is 3.66. The van der Waals surface area contributed by atoms with Gasteiger partial charge in [0.05, 0.1) is 6.61 Å². The highest BCUT2D eigenvalue weighted by Crippen LogP contribution is 2.13. The minimum Gasteiger partial charge on any atom is -0.494 e. The van der Waals surface area contributed by atoms with Crippen LogP contribution in [0.5, 0.6) is 5.75 Å². The van der Waals surface area contributed by atoms with Gasteiger partial charge in [-0.05, 0) is 44.1 Å². The quantitative estimate of drug-likeness (QED) is 0.668. The van der Waals surface area contributed by atoms with Crippen molar-refractivity contribution in [3.05, 3.63) is 29.8 Å².